The Morgan fingerprint density at radius 2 is 1.83 bits per heavy atom. The summed E-state index contributed by atoms with van der Waals surface area (Å²) < 4.78 is 8.83. The molecule has 11 nitrogen and oxygen atoms in total. The molecule has 0 radical (unpaired) electrons. The quantitative estimate of drug-likeness (QED) is 0.381. The second-order valence-corrected chi connectivity index (χ2v) is 8.82. The SMILES string of the molecule is CC(O)c1ccc(N2CCN(CCn3ncc4c3nc(N)n3nc(-c5ccco5)nc43)CC2)cc1. The van der Waals surface area contributed by atoms with Gasteiger partial charge in [-0.25, -0.2) is 9.67 Å². The molecular weight excluding hydrogens is 446 g/mol. The van der Waals surface area contributed by atoms with E-state index in [1.54, 1.807) is 25.5 Å². The summed E-state index contributed by atoms with van der Waals surface area (Å²) in [4.78, 5) is 14.0. The Morgan fingerprint density at radius 3 is 2.54 bits per heavy atom. The molecule has 0 amide bonds. The number of nitrogens with zero attached hydrogens (tertiary/aromatic N) is 8. The van der Waals surface area contributed by atoms with Crippen molar-refractivity contribution < 1.29 is 9.52 Å². The van der Waals surface area contributed by atoms with Crippen molar-refractivity contribution in [2.75, 3.05) is 43.4 Å². The molecule has 6 rings (SSSR count). The number of nitrogen functional groups attached to an aromatic ring is 1. The molecule has 0 spiro atoms. The number of aliphatic hydroxyl groups is 1. The van der Waals surface area contributed by atoms with Crippen LogP contribution in [0.15, 0.2) is 53.3 Å². The molecule has 3 N–H and O–H groups in total. The Labute approximate surface area is 201 Å². The molecule has 1 atom stereocenters. The largest absolute Gasteiger partial charge is 0.461 e. The van der Waals surface area contributed by atoms with E-state index >= 15 is 0 Å². The molecule has 180 valence electrons. The van der Waals surface area contributed by atoms with Gasteiger partial charge in [-0.3, -0.25) is 4.90 Å². The summed E-state index contributed by atoms with van der Waals surface area (Å²) in [7, 11) is 0. The van der Waals surface area contributed by atoms with Crippen LogP contribution < -0.4 is 10.6 Å². The van der Waals surface area contributed by atoms with Gasteiger partial charge in [0, 0.05) is 38.4 Å². The van der Waals surface area contributed by atoms with Gasteiger partial charge in [-0.2, -0.15) is 14.6 Å². The molecular formula is C24H27N9O2. The van der Waals surface area contributed by atoms with E-state index < -0.39 is 6.10 Å². The maximum absolute atomic E-state index is 9.72. The van der Waals surface area contributed by atoms with Gasteiger partial charge >= 0.3 is 0 Å². The smallest absolute Gasteiger partial charge is 0.225 e. The summed E-state index contributed by atoms with van der Waals surface area (Å²) in [6.45, 7) is 7.19. The lowest BCUT2D eigenvalue weighted by molar-refractivity contribution is 0.199. The second-order valence-electron chi connectivity index (χ2n) is 8.82. The number of hydrogen-bond donors (Lipinski definition) is 2. The van der Waals surface area contributed by atoms with Gasteiger partial charge in [0.1, 0.15) is 0 Å². The lowest BCUT2D eigenvalue weighted by atomic mass is 10.1. The van der Waals surface area contributed by atoms with Crippen molar-refractivity contribution in [3.05, 3.63) is 54.4 Å². The number of benzene rings is 1. The summed E-state index contributed by atoms with van der Waals surface area (Å²) >= 11 is 0. The van der Waals surface area contributed by atoms with Crippen molar-refractivity contribution in [2.24, 2.45) is 0 Å². The van der Waals surface area contributed by atoms with Crippen LogP contribution in [0.1, 0.15) is 18.6 Å². The molecule has 11 heteroatoms. The van der Waals surface area contributed by atoms with Crippen LogP contribution in [0.25, 0.3) is 28.3 Å². The topological polar surface area (TPSA) is 127 Å². The van der Waals surface area contributed by atoms with Crippen molar-refractivity contribution in [3.8, 4) is 11.6 Å². The van der Waals surface area contributed by atoms with Crippen LogP contribution in [0.4, 0.5) is 11.6 Å². The zero-order valence-electron chi connectivity index (χ0n) is 19.4. The average molecular weight is 474 g/mol. The molecule has 0 aliphatic carbocycles. The first-order valence-corrected chi connectivity index (χ1v) is 11.7. The molecule has 5 heterocycles. The number of aromatic nitrogens is 6. The van der Waals surface area contributed by atoms with Gasteiger partial charge in [0.25, 0.3) is 0 Å². The molecule has 0 saturated carbocycles. The summed E-state index contributed by atoms with van der Waals surface area (Å²) in [5, 5.41) is 19.5. The molecule has 0 bridgehead atoms. The number of furan rings is 1. The van der Waals surface area contributed by atoms with Crippen molar-refractivity contribution in [1.82, 2.24) is 34.3 Å². The molecule has 1 saturated heterocycles. The number of nitrogens with two attached hydrogens (primary N) is 1. The Kier molecular flexibility index (Phi) is 5.34. The first-order chi connectivity index (χ1) is 17.1. The van der Waals surface area contributed by atoms with E-state index in [9.17, 15) is 5.11 Å². The average Bonchev–Trinajstić information content (AvgIpc) is 3.63. The lowest BCUT2D eigenvalue weighted by Gasteiger charge is -2.36. The lowest BCUT2D eigenvalue weighted by Crippen LogP contribution is -2.47. The van der Waals surface area contributed by atoms with Gasteiger partial charge in [0.05, 0.1) is 30.5 Å². The van der Waals surface area contributed by atoms with E-state index in [0.717, 1.165) is 43.7 Å². The number of aliphatic hydroxyl groups excluding tert-OH is 1. The van der Waals surface area contributed by atoms with E-state index in [1.165, 1.54) is 10.2 Å². The molecule has 5 aromatic rings. The summed E-state index contributed by atoms with van der Waals surface area (Å²) in [5.74, 6) is 1.29. The molecule has 1 fully saturated rings. The van der Waals surface area contributed by atoms with Crippen LogP contribution >= 0.6 is 0 Å². The third kappa shape index (κ3) is 3.98. The fraction of sp³-hybridized carbons (Fsp3) is 0.333. The van der Waals surface area contributed by atoms with Crippen molar-refractivity contribution in [1.29, 1.82) is 0 Å². The minimum absolute atomic E-state index is 0.259. The highest BCUT2D eigenvalue weighted by molar-refractivity contribution is 5.90. The van der Waals surface area contributed by atoms with E-state index in [-0.39, 0.29) is 5.95 Å². The monoisotopic (exact) mass is 473 g/mol. The van der Waals surface area contributed by atoms with Gasteiger partial charge in [-0.15, -0.1) is 5.10 Å². The zero-order chi connectivity index (χ0) is 23.9. The van der Waals surface area contributed by atoms with Gasteiger partial charge in [-0.1, -0.05) is 12.1 Å². The number of hydrogen-bond acceptors (Lipinski definition) is 9. The molecule has 4 aromatic heterocycles. The summed E-state index contributed by atoms with van der Waals surface area (Å²) in [6, 6.07) is 11.8. The molecule has 1 aliphatic heterocycles. The highest BCUT2D eigenvalue weighted by Crippen LogP contribution is 2.24. The molecule has 1 aromatic carbocycles. The van der Waals surface area contributed by atoms with Crippen LogP contribution in [-0.4, -0.2) is 72.1 Å². The number of piperazine rings is 1. The van der Waals surface area contributed by atoms with E-state index in [2.05, 4.69) is 42.1 Å². The highest BCUT2D eigenvalue weighted by Gasteiger charge is 2.20. The molecule has 1 aliphatic rings. The normalized spacial score (nSPS) is 15.9. The summed E-state index contributed by atoms with van der Waals surface area (Å²) in [6.07, 6.45) is 2.92. The molecule has 1 unspecified atom stereocenters. The van der Waals surface area contributed by atoms with Gasteiger partial charge in [0.2, 0.25) is 11.8 Å². The maximum Gasteiger partial charge on any atom is 0.225 e. The van der Waals surface area contributed by atoms with Crippen LogP contribution in [0, 0.1) is 0 Å². The third-order valence-corrected chi connectivity index (χ3v) is 6.58. The zero-order valence-corrected chi connectivity index (χ0v) is 19.4. The third-order valence-electron chi connectivity index (χ3n) is 6.58. The van der Waals surface area contributed by atoms with Crippen LogP contribution in [0.3, 0.4) is 0 Å². The van der Waals surface area contributed by atoms with E-state index in [0.29, 0.717) is 29.4 Å². The van der Waals surface area contributed by atoms with Crippen LogP contribution in [0.5, 0.6) is 0 Å². The predicted molar refractivity (Wildman–Crippen MR) is 132 cm³/mol. The minimum atomic E-state index is -0.442. The van der Waals surface area contributed by atoms with Crippen molar-refractivity contribution in [2.45, 2.75) is 19.6 Å². The predicted octanol–water partition coefficient (Wildman–Crippen LogP) is 2.19. The van der Waals surface area contributed by atoms with Crippen molar-refractivity contribution in [3.63, 3.8) is 0 Å². The molecule has 35 heavy (non-hydrogen) atoms. The van der Waals surface area contributed by atoms with E-state index in [1.807, 2.05) is 22.9 Å². The van der Waals surface area contributed by atoms with Gasteiger partial charge in [0.15, 0.2) is 17.1 Å². The Bertz CT molecular complexity index is 1450. The van der Waals surface area contributed by atoms with Gasteiger partial charge in [-0.05, 0) is 36.8 Å². The van der Waals surface area contributed by atoms with Crippen LogP contribution in [-0.2, 0) is 6.54 Å². The highest BCUT2D eigenvalue weighted by atomic mass is 16.3. The Hall–Kier alpha value is -3.96. The minimum Gasteiger partial charge on any atom is -0.461 e. The number of rotatable bonds is 6. The Morgan fingerprint density at radius 1 is 1.03 bits per heavy atom. The summed E-state index contributed by atoms with van der Waals surface area (Å²) in [5.41, 5.74) is 9.64. The number of fused-ring (bicyclic) bond motifs is 3. The standard InChI is InChI=1S/C24H27N9O2/c1-16(34)17-4-6-18(7-5-17)31-11-8-30(9-12-31)10-13-32-22-19(15-26-32)23-27-21(20-3-2-14-35-20)29-33(23)24(25)28-22/h2-7,14-16,34H,8-13H2,1H3,(H2,25,28). The van der Waals surface area contributed by atoms with Gasteiger partial charge < -0.3 is 20.2 Å². The Balaban J connectivity index is 1.14. The van der Waals surface area contributed by atoms with Crippen LogP contribution in [0.2, 0.25) is 0 Å². The fourth-order valence-corrected chi connectivity index (χ4v) is 4.56. The number of anilines is 2. The fourth-order valence-electron chi connectivity index (χ4n) is 4.56. The first kappa shape index (κ1) is 21.6. The first-order valence-electron chi connectivity index (χ1n) is 11.7. The maximum atomic E-state index is 9.72. The van der Waals surface area contributed by atoms with E-state index in [4.69, 9.17) is 10.2 Å². The second kappa shape index (κ2) is 8.67. The van der Waals surface area contributed by atoms with Crippen molar-refractivity contribution >= 4 is 28.3 Å².